The molecule has 0 saturated heterocycles. The van der Waals surface area contributed by atoms with E-state index in [0.717, 1.165) is 24.0 Å². The lowest BCUT2D eigenvalue weighted by molar-refractivity contribution is -0.124. The molecule has 2 atom stereocenters. The van der Waals surface area contributed by atoms with Crippen molar-refractivity contribution in [3.63, 3.8) is 0 Å². The molecule has 3 N–H and O–H groups in total. The molecule has 0 spiro atoms. The molecule has 1 aromatic carbocycles. The van der Waals surface area contributed by atoms with Gasteiger partial charge in [0.05, 0.1) is 0 Å². The quantitative estimate of drug-likeness (QED) is 0.797. The van der Waals surface area contributed by atoms with Crippen molar-refractivity contribution in [2.24, 2.45) is 11.7 Å². The number of nitrogens with one attached hydrogen (secondary N) is 1. The van der Waals surface area contributed by atoms with E-state index in [-0.39, 0.29) is 30.3 Å². The lowest BCUT2D eigenvalue weighted by Crippen LogP contribution is -2.39. The van der Waals surface area contributed by atoms with Gasteiger partial charge in [0, 0.05) is 30.5 Å². The summed E-state index contributed by atoms with van der Waals surface area (Å²) in [5.41, 5.74) is 7.76. The Bertz CT molecular complexity index is 640. The molecule has 1 amide bonds. The highest BCUT2D eigenvalue weighted by molar-refractivity contribution is 5.85. The van der Waals surface area contributed by atoms with E-state index >= 15 is 0 Å². The van der Waals surface area contributed by atoms with Crippen molar-refractivity contribution in [2.45, 2.75) is 39.7 Å². The molecule has 24 heavy (non-hydrogen) atoms. The molecule has 6 nitrogen and oxygen atoms in total. The number of halogens is 1. The molecule has 132 valence electrons. The van der Waals surface area contributed by atoms with Gasteiger partial charge < -0.3 is 15.6 Å². The van der Waals surface area contributed by atoms with Gasteiger partial charge in [0.25, 0.3) is 5.89 Å². The van der Waals surface area contributed by atoms with Crippen LogP contribution in [0.25, 0.3) is 11.5 Å². The Morgan fingerprint density at radius 1 is 1.29 bits per heavy atom. The highest BCUT2D eigenvalue weighted by atomic mass is 35.5. The number of aryl methyl sites for hydroxylation is 1. The highest BCUT2D eigenvalue weighted by Gasteiger charge is 2.16. The molecule has 1 heterocycles. The molecule has 1 aromatic heterocycles. The van der Waals surface area contributed by atoms with Gasteiger partial charge in [-0.1, -0.05) is 31.1 Å². The predicted molar refractivity (Wildman–Crippen MR) is 95.9 cm³/mol. The van der Waals surface area contributed by atoms with E-state index < -0.39 is 0 Å². The van der Waals surface area contributed by atoms with Gasteiger partial charge >= 0.3 is 0 Å². The summed E-state index contributed by atoms with van der Waals surface area (Å²) in [5.74, 6) is 1.06. The van der Waals surface area contributed by atoms with Crippen LogP contribution < -0.4 is 11.1 Å². The van der Waals surface area contributed by atoms with Crippen molar-refractivity contribution in [1.29, 1.82) is 0 Å². The van der Waals surface area contributed by atoms with Crippen LogP contribution in [0.4, 0.5) is 0 Å². The molecule has 0 fully saturated rings. The summed E-state index contributed by atoms with van der Waals surface area (Å²) < 4.78 is 5.21. The maximum absolute atomic E-state index is 11.8. The number of benzene rings is 1. The number of nitrogens with two attached hydrogens (primary N) is 1. The van der Waals surface area contributed by atoms with Gasteiger partial charge in [-0.15, -0.1) is 12.4 Å². The van der Waals surface area contributed by atoms with Crippen LogP contribution in [0.15, 0.2) is 28.8 Å². The third-order valence-electron chi connectivity index (χ3n) is 3.90. The predicted octanol–water partition coefficient (Wildman–Crippen LogP) is 2.36. The fourth-order valence-corrected chi connectivity index (χ4v) is 2.06. The minimum Gasteiger partial charge on any atom is -0.355 e. The largest absolute Gasteiger partial charge is 0.355 e. The van der Waals surface area contributed by atoms with Crippen molar-refractivity contribution in [2.75, 3.05) is 6.54 Å². The molecule has 0 aliphatic rings. The molecule has 0 saturated carbocycles. The zero-order valence-electron chi connectivity index (χ0n) is 14.3. The number of carbonyl (C=O) groups excluding carboxylic acids is 1. The van der Waals surface area contributed by atoms with Gasteiger partial charge in [0.15, 0.2) is 5.82 Å². The first-order chi connectivity index (χ1) is 11.0. The SMILES string of the molecule is CCc1noc(-c2ccc(CCNC(=O)C(C)C(C)N)cc2)n1.Cl. The Labute approximate surface area is 148 Å². The number of amides is 1. The van der Waals surface area contributed by atoms with E-state index in [2.05, 4.69) is 15.5 Å². The molecule has 2 unspecified atom stereocenters. The molecule has 0 radical (unpaired) electrons. The topological polar surface area (TPSA) is 94.0 Å². The third kappa shape index (κ3) is 5.32. The number of carbonyl (C=O) groups is 1. The summed E-state index contributed by atoms with van der Waals surface area (Å²) in [6.07, 6.45) is 1.52. The Kier molecular flexibility index (Phi) is 7.88. The van der Waals surface area contributed by atoms with Gasteiger partial charge in [-0.05, 0) is 31.0 Å². The van der Waals surface area contributed by atoms with Crippen LogP contribution in [-0.2, 0) is 17.6 Å². The first-order valence-electron chi connectivity index (χ1n) is 7.96. The summed E-state index contributed by atoms with van der Waals surface area (Å²) >= 11 is 0. The van der Waals surface area contributed by atoms with Crippen LogP contribution in [0.2, 0.25) is 0 Å². The van der Waals surface area contributed by atoms with Gasteiger partial charge in [0.2, 0.25) is 5.91 Å². The molecular weight excluding hydrogens is 328 g/mol. The minimum absolute atomic E-state index is 0. The maximum Gasteiger partial charge on any atom is 0.257 e. The molecular formula is C17H25ClN4O2. The summed E-state index contributed by atoms with van der Waals surface area (Å²) in [4.78, 5) is 16.1. The molecule has 0 aliphatic heterocycles. The summed E-state index contributed by atoms with van der Waals surface area (Å²) in [6, 6.07) is 7.78. The normalized spacial score (nSPS) is 13.0. The molecule has 7 heteroatoms. The van der Waals surface area contributed by atoms with E-state index in [1.807, 2.05) is 45.0 Å². The van der Waals surface area contributed by atoms with Crippen LogP contribution in [-0.4, -0.2) is 28.6 Å². The first-order valence-corrected chi connectivity index (χ1v) is 7.96. The van der Waals surface area contributed by atoms with Crippen molar-refractivity contribution >= 4 is 18.3 Å². The lowest BCUT2D eigenvalue weighted by atomic mass is 10.0. The molecule has 2 aromatic rings. The summed E-state index contributed by atoms with van der Waals surface area (Å²) in [5, 5.41) is 6.80. The summed E-state index contributed by atoms with van der Waals surface area (Å²) in [6.45, 7) is 6.25. The van der Waals surface area contributed by atoms with Crippen molar-refractivity contribution in [3.8, 4) is 11.5 Å². The summed E-state index contributed by atoms with van der Waals surface area (Å²) in [7, 11) is 0. The lowest BCUT2D eigenvalue weighted by Gasteiger charge is -2.15. The van der Waals surface area contributed by atoms with Crippen LogP contribution in [0.5, 0.6) is 0 Å². The van der Waals surface area contributed by atoms with Crippen molar-refractivity contribution in [3.05, 3.63) is 35.7 Å². The van der Waals surface area contributed by atoms with Crippen molar-refractivity contribution < 1.29 is 9.32 Å². The smallest absolute Gasteiger partial charge is 0.257 e. The minimum atomic E-state index is -0.178. The Morgan fingerprint density at radius 2 is 1.96 bits per heavy atom. The second-order valence-corrected chi connectivity index (χ2v) is 5.76. The van der Waals surface area contributed by atoms with E-state index in [9.17, 15) is 4.79 Å². The number of hydrogen-bond donors (Lipinski definition) is 2. The Balaban J connectivity index is 0.00000288. The molecule has 0 bridgehead atoms. The number of nitrogens with zero attached hydrogens (tertiary/aromatic N) is 2. The molecule has 0 aliphatic carbocycles. The number of aromatic nitrogens is 2. The van der Waals surface area contributed by atoms with E-state index in [1.54, 1.807) is 0 Å². The van der Waals surface area contributed by atoms with E-state index in [1.165, 1.54) is 0 Å². The van der Waals surface area contributed by atoms with Crippen LogP contribution >= 0.6 is 12.4 Å². The third-order valence-corrected chi connectivity index (χ3v) is 3.90. The fourth-order valence-electron chi connectivity index (χ4n) is 2.06. The van der Waals surface area contributed by atoms with Crippen LogP contribution in [0.3, 0.4) is 0 Å². The molecule has 2 rings (SSSR count). The van der Waals surface area contributed by atoms with Gasteiger partial charge in [-0.3, -0.25) is 4.79 Å². The monoisotopic (exact) mass is 352 g/mol. The van der Waals surface area contributed by atoms with Crippen LogP contribution in [0.1, 0.15) is 32.2 Å². The zero-order chi connectivity index (χ0) is 16.8. The number of hydrogen-bond acceptors (Lipinski definition) is 5. The van der Waals surface area contributed by atoms with Gasteiger partial charge in [-0.25, -0.2) is 0 Å². The fraction of sp³-hybridized carbons (Fsp3) is 0.471. The average molecular weight is 353 g/mol. The van der Waals surface area contributed by atoms with Crippen LogP contribution in [0, 0.1) is 5.92 Å². The van der Waals surface area contributed by atoms with Crippen molar-refractivity contribution in [1.82, 2.24) is 15.5 Å². The highest BCUT2D eigenvalue weighted by Crippen LogP contribution is 2.18. The number of rotatable bonds is 7. The van der Waals surface area contributed by atoms with E-state index in [0.29, 0.717) is 18.3 Å². The second-order valence-electron chi connectivity index (χ2n) is 5.76. The average Bonchev–Trinajstić information content (AvgIpc) is 3.03. The standard InChI is InChI=1S/C17H24N4O2.ClH/c1-4-15-20-17(23-21-15)14-7-5-13(6-8-14)9-10-19-16(22)11(2)12(3)18;/h5-8,11-12H,4,9-10,18H2,1-3H3,(H,19,22);1H. The first kappa shape index (κ1) is 20.1. The van der Waals surface area contributed by atoms with Gasteiger partial charge in [-0.2, -0.15) is 4.98 Å². The second kappa shape index (κ2) is 9.39. The maximum atomic E-state index is 11.8. The zero-order valence-corrected chi connectivity index (χ0v) is 15.1. The van der Waals surface area contributed by atoms with E-state index in [4.69, 9.17) is 10.3 Å². The van der Waals surface area contributed by atoms with Gasteiger partial charge in [0.1, 0.15) is 0 Å². The Hall–Kier alpha value is -1.92. The Morgan fingerprint density at radius 3 is 2.50 bits per heavy atom.